The van der Waals surface area contributed by atoms with Crippen molar-refractivity contribution in [3.8, 4) is 11.3 Å². The molecule has 5 heteroatoms. The molecule has 2 aliphatic rings. The fraction of sp³-hybridized carbons (Fsp3) is 0.409. The van der Waals surface area contributed by atoms with Crippen LogP contribution in [0.1, 0.15) is 49.6 Å². The van der Waals surface area contributed by atoms with Gasteiger partial charge in [-0.2, -0.15) is 5.10 Å². The van der Waals surface area contributed by atoms with Crippen molar-refractivity contribution in [3.05, 3.63) is 47.4 Å². The van der Waals surface area contributed by atoms with Crippen LogP contribution in [0.2, 0.25) is 0 Å². The Hall–Kier alpha value is -2.69. The highest BCUT2D eigenvalue weighted by Crippen LogP contribution is 2.41. The van der Waals surface area contributed by atoms with Crippen LogP contribution in [-0.2, 0) is 24.3 Å². The van der Waals surface area contributed by atoms with Gasteiger partial charge in [0.1, 0.15) is 0 Å². The summed E-state index contributed by atoms with van der Waals surface area (Å²) in [5.74, 6) is 0.777. The number of fused-ring (bicyclic) bond motifs is 2. The lowest BCUT2D eigenvalue weighted by Crippen LogP contribution is -2.34. The monoisotopic (exact) mass is 360 g/mol. The number of rotatable bonds is 3. The molecule has 0 radical (unpaired) electrons. The van der Waals surface area contributed by atoms with Gasteiger partial charge in [-0.25, -0.2) is 0 Å². The van der Waals surface area contributed by atoms with E-state index < -0.39 is 0 Å². The van der Waals surface area contributed by atoms with Crippen molar-refractivity contribution in [1.82, 2.24) is 19.7 Å². The molecule has 0 N–H and O–H groups in total. The molecular weight excluding hydrogens is 336 g/mol. The number of amides is 1. The first-order valence-corrected chi connectivity index (χ1v) is 9.88. The topological polar surface area (TPSA) is 51.0 Å². The number of aromatic nitrogens is 3. The molecule has 138 valence electrons. The molecule has 3 aromatic rings. The molecule has 1 aliphatic carbocycles. The molecule has 3 heterocycles. The molecule has 2 aromatic heterocycles. The van der Waals surface area contributed by atoms with Crippen LogP contribution in [0.3, 0.4) is 0 Å². The Balaban J connectivity index is 1.66. The minimum absolute atomic E-state index is 0.129. The molecule has 5 rings (SSSR count). The summed E-state index contributed by atoms with van der Waals surface area (Å²) in [6, 6.07) is 8.65. The zero-order valence-electron chi connectivity index (χ0n) is 15.9. The quantitative estimate of drug-likeness (QED) is 0.712. The minimum atomic E-state index is 0.129. The van der Waals surface area contributed by atoms with Gasteiger partial charge >= 0.3 is 0 Å². The van der Waals surface area contributed by atoms with Crippen molar-refractivity contribution in [3.63, 3.8) is 0 Å². The number of carbonyl (C=O) groups is 1. The van der Waals surface area contributed by atoms with Gasteiger partial charge in [0.15, 0.2) is 0 Å². The Morgan fingerprint density at radius 1 is 1.30 bits per heavy atom. The van der Waals surface area contributed by atoms with E-state index in [2.05, 4.69) is 35.9 Å². The molecule has 1 fully saturated rings. The number of hydrogen-bond donors (Lipinski definition) is 0. The number of benzene rings is 1. The van der Waals surface area contributed by atoms with E-state index in [4.69, 9.17) is 10.1 Å². The summed E-state index contributed by atoms with van der Waals surface area (Å²) in [5.41, 5.74) is 5.80. The normalized spacial score (nSPS) is 16.6. The van der Waals surface area contributed by atoms with Gasteiger partial charge < -0.3 is 4.90 Å². The van der Waals surface area contributed by atoms with Crippen LogP contribution < -0.4 is 0 Å². The van der Waals surface area contributed by atoms with E-state index in [1.54, 1.807) is 6.92 Å². The van der Waals surface area contributed by atoms with E-state index in [1.807, 2.05) is 11.1 Å². The maximum Gasteiger partial charge on any atom is 0.219 e. The smallest absolute Gasteiger partial charge is 0.219 e. The number of pyridine rings is 1. The third-order valence-corrected chi connectivity index (χ3v) is 5.92. The van der Waals surface area contributed by atoms with Gasteiger partial charge in [-0.3, -0.25) is 14.5 Å². The van der Waals surface area contributed by atoms with Crippen LogP contribution in [0, 0.1) is 0 Å². The Kier molecular flexibility index (Phi) is 3.78. The van der Waals surface area contributed by atoms with Crippen LogP contribution >= 0.6 is 0 Å². The molecule has 0 atom stereocenters. The highest BCUT2D eigenvalue weighted by Gasteiger charge is 2.28. The standard InChI is InChI=1S/C22H24N4O/c1-3-26-21-9-10-25(14(2)27)13-19(21)22(24-26)17-6-4-5-16-11-20(15-7-8-15)23-12-18(16)17/h4-6,11-12,15H,3,7-10,13H2,1-2H3. The third-order valence-electron chi connectivity index (χ3n) is 5.92. The molecule has 0 spiro atoms. The first kappa shape index (κ1) is 16.5. The molecule has 0 bridgehead atoms. The van der Waals surface area contributed by atoms with Crippen LogP contribution in [0.5, 0.6) is 0 Å². The highest BCUT2D eigenvalue weighted by molar-refractivity contribution is 5.96. The molecule has 1 amide bonds. The number of aryl methyl sites for hydroxylation is 1. The first-order chi connectivity index (χ1) is 13.2. The van der Waals surface area contributed by atoms with Crippen molar-refractivity contribution < 1.29 is 4.79 Å². The maximum absolute atomic E-state index is 11.9. The van der Waals surface area contributed by atoms with Crippen molar-refractivity contribution in [2.75, 3.05) is 6.54 Å². The summed E-state index contributed by atoms with van der Waals surface area (Å²) < 4.78 is 2.10. The molecule has 1 aromatic carbocycles. The van der Waals surface area contributed by atoms with Gasteiger partial charge in [-0.15, -0.1) is 0 Å². The summed E-state index contributed by atoms with van der Waals surface area (Å²) in [7, 11) is 0. The average Bonchev–Trinajstić information content (AvgIpc) is 3.48. The minimum Gasteiger partial charge on any atom is -0.338 e. The van der Waals surface area contributed by atoms with Crippen molar-refractivity contribution in [1.29, 1.82) is 0 Å². The summed E-state index contributed by atoms with van der Waals surface area (Å²) >= 11 is 0. The second-order valence-corrected chi connectivity index (χ2v) is 7.69. The molecule has 1 aliphatic heterocycles. The average molecular weight is 360 g/mol. The fourth-order valence-electron chi connectivity index (χ4n) is 4.24. The second kappa shape index (κ2) is 6.19. The Morgan fingerprint density at radius 3 is 2.89 bits per heavy atom. The fourth-order valence-corrected chi connectivity index (χ4v) is 4.24. The Bertz CT molecular complexity index is 1050. The predicted molar refractivity (Wildman–Crippen MR) is 105 cm³/mol. The summed E-state index contributed by atoms with van der Waals surface area (Å²) in [6.45, 7) is 6.04. The SMILES string of the molecule is CCn1nc(-c2cccc3cc(C4CC4)ncc23)c2c1CCN(C(C)=O)C2. The zero-order valence-corrected chi connectivity index (χ0v) is 15.9. The van der Waals surface area contributed by atoms with E-state index in [9.17, 15) is 4.79 Å². The van der Waals surface area contributed by atoms with Gasteiger partial charge in [0.2, 0.25) is 5.91 Å². The third kappa shape index (κ3) is 2.73. The van der Waals surface area contributed by atoms with Crippen LogP contribution in [-0.4, -0.2) is 32.1 Å². The predicted octanol–water partition coefficient (Wildman–Crippen LogP) is 3.90. The largest absolute Gasteiger partial charge is 0.338 e. The Labute approximate surface area is 159 Å². The molecule has 1 saturated carbocycles. The maximum atomic E-state index is 11.9. The van der Waals surface area contributed by atoms with Crippen LogP contribution in [0.25, 0.3) is 22.0 Å². The number of nitrogens with zero attached hydrogens (tertiary/aromatic N) is 4. The molecule has 0 saturated heterocycles. The van der Waals surface area contributed by atoms with E-state index in [0.717, 1.165) is 36.2 Å². The van der Waals surface area contributed by atoms with E-state index in [-0.39, 0.29) is 5.91 Å². The van der Waals surface area contributed by atoms with Crippen LogP contribution in [0.4, 0.5) is 0 Å². The first-order valence-electron chi connectivity index (χ1n) is 9.88. The molecular formula is C22H24N4O. The number of hydrogen-bond acceptors (Lipinski definition) is 3. The highest BCUT2D eigenvalue weighted by atomic mass is 16.2. The summed E-state index contributed by atoms with van der Waals surface area (Å²) in [5, 5.41) is 7.31. The Morgan fingerprint density at radius 2 is 2.15 bits per heavy atom. The lowest BCUT2D eigenvalue weighted by atomic mass is 9.97. The molecule has 5 nitrogen and oxygen atoms in total. The number of carbonyl (C=O) groups excluding carboxylic acids is 1. The van der Waals surface area contributed by atoms with Gasteiger partial charge in [0, 0.05) is 73.0 Å². The van der Waals surface area contributed by atoms with Gasteiger partial charge in [-0.05, 0) is 31.2 Å². The lowest BCUT2D eigenvalue weighted by molar-refractivity contribution is -0.129. The molecule has 27 heavy (non-hydrogen) atoms. The zero-order chi connectivity index (χ0) is 18.5. The lowest BCUT2D eigenvalue weighted by Gasteiger charge is -2.26. The second-order valence-electron chi connectivity index (χ2n) is 7.69. The summed E-state index contributed by atoms with van der Waals surface area (Å²) in [6.07, 6.45) is 5.40. The van der Waals surface area contributed by atoms with Gasteiger partial charge in [0.05, 0.1) is 5.69 Å². The van der Waals surface area contributed by atoms with E-state index in [1.165, 1.54) is 35.2 Å². The van der Waals surface area contributed by atoms with Crippen molar-refractivity contribution >= 4 is 16.7 Å². The van der Waals surface area contributed by atoms with Gasteiger partial charge in [0.25, 0.3) is 0 Å². The molecule has 0 unspecified atom stereocenters. The summed E-state index contributed by atoms with van der Waals surface area (Å²) in [4.78, 5) is 18.6. The van der Waals surface area contributed by atoms with E-state index in [0.29, 0.717) is 12.5 Å². The van der Waals surface area contributed by atoms with Gasteiger partial charge in [-0.1, -0.05) is 18.2 Å². The van der Waals surface area contributed by atoms with E-state index >= 15 is 0 Å². The van der Waals surface area contributed by atoms with Crippen molar-refractivity contribution in [2.24, 2.45) is 0 Å². The van der Waals surface area contributed by atoms with Crippen molar-refractivity contribution in [2.45, 2.75) is 52.1 Å². The van der Waals surface area contributed by atoms with Crippen LogP contribution in [0.15, 0.2) is 30.5 Å².